The zero-order valence-electron chi connectivity index (χ0n) is 17.4. The van der Waals surface area contributed by atoms with Gasteiger partial charge in [-0.25, -0.2) is 8.78 Å². The first-order valence-electron chi connectivity index (χ1n) is 10.5. The molecule has 2 N–H and O–H groups in total. The predicted octanol–water partition coefficient (Wildman–Crippen LogP) is 3.66. The summed E-state index contributed by atoms with van der Waals surface area (Å²) in [5.41, 5.74) is 0.172. The highest BCUT2D eigenvalue weighted by molar-refractivity contribution is 5.94. The molecule has 8 heteroatoms. The number of carbonyl (C=O) groups is 1. The van der Waals surface area contributed by atoms with Gasteiger partial charge in [-0.3, -0.25) is 4.79 Å². The highest BCUT2D eigenvalue weighted by Gasteiger charge is 2.34. The maximum Gasteiger partial charge on any atom is 0.224 e. The van der Waals surface area contributed by atoms with Crippen LogP contribution in [0.5, 0.6) is 11.5 Å². The van der Waals surface area contributed by atoms with E-state index in [4.69, 9.17) is 9.47 Å². The van der Waals surface area contributed by atoms with Gasteiger partial charge in [0, 0.05) is 31.1 Å². The lowest BCUT2D eigenvalue weighted by Gasteiger charge is -2.39. The topological polar surface area (TPSA) is 71.0 Å². The van der Waals surface area contributed by atoms with Crippen molar-refractivity contribution in [3.05, 3.63) is 47.5 Å². The Labute approximate surface area is 179 Å². The van der Waals surface area contributed by atoms with E-state index in [2.05, 4.69) is 5.32 Å². The van der Waals surface area contributed by atoms with Gasteiger partial charge in [-0.1, -0.05) is 0 Å². The van der Waals surface area contributed by atoms with Crippen molar-refractivity contribution >= 4 is 17.3 Å². The maximum atomic E-state index is 14.5. The number of nitrogens with zero attached hydrogens (tertiary/aromatic N) is 1. The maximum absolute atomic E-state index is 14.5. The number of hydrogen-bond acceptors (Lipinski definition) is 5. The number of rotatable bonds is 6. The minimum absolute atomic E-state index is 0.0403. The van der Waals surface area contributed by atoms with Crippen molar-refractivity contribution in [2.24, 2.45) is 0 Å². The highest BCUT2D eigenvalue weighted by atomic mass is 19.1. The minimum atomic E-state index is -1.07. The summed E-state index contributed by atoms with van der Waals surface area (Å²) in [7, 11) is 0. The van der Waals surface area contributed by atoms with Crippen molar-refractivity contribution in [1.82, 2.24) is 0 Å². The molecule has 0 unspecified atom stereocenters. The van der Waals surface area contributed by atoms with Gasteiger partial charge in [0.15, 0.2) is 0 Å². The van der Waals surface area contributed by atoms with Crippen LogP contribution in [0.2, 0.25) is 0 Å². The fraction of sp³-hybridized carbons (Fsp3) is 0.435. The van der Waals surface area contributed by atoms with E-state index < -0.39 is 11.4 Å². The first-order valence-corrected chi connectivity index (χ1v) is 10.5. The Morgan fingerprint density at radius 2 is 1.87 bits per heavy atom. The molecule has 1 saturated heterocycles. The van der Waals surface area contributed by atoms with Gasteiger partial charge in [-0.2, -0.15) is 0 Å². The van der Waals surface area contributed by atoms with Crippen molar-refractivity contribution < 1.29 is 28.2 Å². The van der Waals surface area contributed by atoms with E-state index in [1.165, 1.54) is 18.2 Å². The molecule has 0 bridgehead atoms. The molecule has 1 fully saturated rings. The van der Waals surface area contributed by atoms with Gasteiger partial charge in [0.1, 0.15) is 35.3 Å². The Kier molecular flexibility index (Phi) is 6.00. The monoisotopic (exact) mass is 432 g/mol. The van der Waals surface area contributed by atoms with Crippen molar-refractivity contribution in [2.45, 2.75) is 38.2 Å². The number of halogens is 2. The zero-order valence-corrected chi connectivity index (χ0v) is 17.4. The lowest BCUT2D eigenvalue weighted by molar-refractivity contribution is -0.116. The number of ether oxygens (including phenoxy) is 2. The van der Waals surface area contributed by atoms with Crippen LogP contribution < -0.4 is 19.7 Å². The zero-order chi connectivity index (χ0) is 22.0. The number of anilines is 2. The number of amides is 1. The minimum Gasteiger partial charge on any atom is -0.494 e. The Balaban J connectivity index is 1.39. The second-order valence-electron chi connectivity index (χ2n) is 7.99. The average Bonchev–Trinajstić information content (AvgIpc) is 2.75. The fourth-order valence-corrected chi connectivity index (χ4v) is 4.08. The van der Waals surface area contributed by atoms with E-state index in [0.29, 0.717) is 61.7 Å². The summed E-state index contributed by atoms with van der Waals surface area (Å²) < 4.78 is 39.7. The Morgan fingerprint density at radius 1 is 1.10 bits per heavy atom. The van der Waals surface area contributed by atoms with Crippen molar-refractivity contribution in [1.29, 1.82) is 0 Å². The van der Waals surface area contributed by atoms with Crippen molar-refractivity contribution in [3.63, 3.8) is 0 Å². The summed E-state index contributed by atoms with van der Waals surface area (Å²) in [6, 6.07) is 7.59. The first kappa shape index (κ1) is 21.4. The van der Waals surface area contributed by atoms with E-state index in [1.807, 2.05) is 11.8 Å². The molecule has 4 rings (SSSR count). The van der Waals surface area contributed by atoms with Gasteiger partial charge in [-0.05, 0) is 50.5 Å². The van der Waals surface area contributed by atoms with E-state index in [-0.39, 0.29) is 30.4 Å². The van der Waals surface area contributed by atoms with E-state index in [0.717, 1.165) is 0 Å². The van der Waals surface area contributed by atoms with Crippen LogP contribution in [0.4, 0.5) is 20.2 Å². The van der Waals surface area contributed by atoms with E-state index in [1.54, 1.807) is 12.1 Å². The number of aliphatic hydroxyl groups is 1. The lowest BCUT2D eigenvalue weighted by Crippen LogP contribution is -2.48. The van der Waals surface area contributed by atoms with Crippen LogP contribution in [-0.2, 0) is 11.2 Å². The SMILES string of the molecule is CCOc1ccc(N2CCC(O)(COc3ccc(F)c4c3CCC(=O)N4)CC2)c(F)c1. The van der Waals surface area contributed by atoms with Crippen LogP contribution >= 0.6 is 0 Å². The standard InChI is InChI=1S/C23H26F2N2O4/c1-2-30-15-3-6-19(18(25)13-15)27-11-9-23(29,10-12-27)14-31-20-7-5-17(24)22-16(20)4-8-21(28)26-22/h3,5-7,13,29H,2,4,8-12,14H2,1H3,(H,26,28). The summed E-state index contributed by atoms with van der Waals surface area (Å²) in [5, 5.41) is 13.5. The number of carbonyl (C=O) groups excluding carboxylic acids is 1. The van der Waals surface area contributed by atoms with Crippen LogP contribution in [-0.4, -0.2) is 42.9 Å². The van der Waals surface area contributed by atoms with Crippen LogP contribution in [0, 0.1) is 11.6 Å². The molecule has 31 heavy (non-hydrogen) atoms. The quantitative estimate of drug-likeness (QED) is 0.729. The number of benzene rings is 2. The molecule has 2 heterocycles. The summed E-state index contributed by atoms with van der Waals surface area (Å²) >= 11 is 0. The van der Waals surface area contributed by atoms with Gasteiger partial charge in [-0.15, -0.1) is 0 Å². The van der Waals surface area contributed by atoms with Gasteiger partial charge < -0.3 is 24.8 Å². The van der Waals surface area contributed by atoms with E-state index >= 15 is 0 Å². The number of nitrogens with one attached hydrogen (secondary N) is 1. The molecule has 0 aromatic heterocycles. The summed E-state index contributed by atoms with van der Waals surface area (Å²) in [5.74, 6) is -0.127. The molecular formula is C23H26F2N2O4. The molecule has 2 aromatic carbocycles. The van der Waals surface area contributed by atoms with Crippen LogP contribution in [0.1, 0.15) is 31.7 Å². The molecule has 2 aliphatic heterocycles. The normalized spacial score (nSPS) is 17.7. The molecule has 0 atom stereocenters. The van der Waals surface area contributed by atoms with Crippen LogP contribution in [0.25, 0.3) is 0 Å². The molecule has 0 saturated carbocycles. The second-order valence-corrected chi connectivity index (χ2v) is 7.99. The smallest absolute Gasteiger partial charge is 0.224 e. The van der Waals surface area contributed by atoms with Gasteiger partial charge in [0.2, 0.25) is 5.91 Å². The Hall–Kier alpha value is -2.87. The second kappa shape index (κ2) is 8.70. The number of fused-ring (bicyclic) bond motifs is 1. The third kappa shape index (κ3) is 4.58. The van der Waals surface area contributed by atoms with Crippen molar-refractivity contribution in [3.8, 4) is 11.5 Å². The number of piperidine rings is 1. The molecule has 0 radical (unpaired) electrons. The molecule has 0 spiro atoms. The summed E-state index contributed by atoms with van der Waals surface area (Å²) in [6.07, 6.45) is 1.46. The molecule has 0 aliphatic carbocycles. The van der Waals surface area contributed by atoms with Crippen LogP contribution in [0.3, 0.4) is 0 Å². The molecule has 2 aromatic rings. The molecule has 6 nitrogen and oxygen atoms in total. The van der Waals surface area contributed by atoms with Gasteiger partial charge in [0.05, 0.1) is 18.0 Å². The molecule has 1 amide bonds. The third-order valence-electron chi connectivity index (χ3n) is 5.85. The first-order chi connectivity index (χ1) is 14.9. The van der Waals surface area contributed by atoms with Gasteiger partial charge >= 0.3 is 0 Å². The third-order valence-corrected chi connectivity index (χ3v) is 5.85. The van der Waals surface area contributed by atoms with Crippen molar-refractivity contribution in [2.75, 3.05) is 36.5 Å². The largest absolute Gasteiger partial charge is 0.494 e. The Morgan fingerprint density at radius 3 is 2.58 bits per heavy atom. The van der Waals surface area contributed by atoms with Crippen LogP contribution in [0.15, 0.2) is 30.3 Å². The Bertz CT molecular complexity index is 974. The molecular weight excluding hydrogens is 406 g/mol. The van der Waals surface area contributed by atoms with E-state index in [9.17, 15) is 18.7 Å². The summed E-state index contributed by atoms with van der Waals surface area (Å²) in [6.45, 7) is 3.31. The molecule has 2 aliphatic rings. The predicted molar refractivity (Wildman–Crippen MR) is 113 cm³/mol. The fourth-order valence-electron chi connectivity index (χ4n) is 4.08. The lowest BCUT2D eigenvalue weighted by atomic mass is 9.92. The number of hydrogen-bond donors (Lipinski definition) is 2. The molecule has 166 valence electrons. The highest BCUT2D eigenvalue weighted by Crippen LogP contribution is 2.35. The average molecular weight is 432 g/mol. The summed E-state index contributed by atoms with van der Waals surface area (Å²) in [4.78, 5) is 13.5. The van der Waals surface area contributed by atoms with Gasteiger partial charge in [0.25, 0.3) is 0 Å².